The first-order chi connectivity index (χ1) is 12.7. The van der Waals surface area contributed by atoms with Gasteiger partial charge >= 0.3 is 0 Å². The molecule has 0 bridgehead atoms. The van der Waals surface area contributed by atoms with Gasteiger partial charge in [0.1, 0.15) is 28.3 Å². The molecule has 0 aliphatic rings. The van der Waals surface area contributed by atoms with Crippen molar-refractivity contribution in [1.29, 1.82) is 0 Å². The van der Waals surface area contributed by atoms with E-state index < -0.39 is 0 Å². The first kappa shape index (κ1) is 16.5. The number of fused-ring (bicyclic) bond motifs is 1. The van der Waals surface area contributed by atoms with Gasteiger partial charge in [-0.05, 0) is 30.3 Å². The lowest BCUT2D eigenvalue weighted by Crippen LogP contribution is -2.12. The monoisotopic (exact) mass is 411 g/mol. The second-order valence-electron chi connectivity index (χ2n) is 5.68. The average Bonchev–Trinajstić information content (AvgIpc) is 3.07. The number of aromatic amines is 2. The SMILES string of the molecule is COc1ccc(Br)cc1Cc1nc2c(-c3cccnc3)n[nH]c2c(=O)[nH]1. The normalized spacial score (nSPS) is 11.0. The van der Waals surface area contributed by atoms with E-state index in [0.29, 0.717) is 29.0 Å². The Kier molecular flexibility index (Phi) is 4.26. The molecule has 0 radical (unpaired) electrons. The zero-order chi connectivity index (χ0) is 18.1. The molecule has 4 rings (SSSR count). The van der Waals surface area contributed by atoms with Crippen LogP contribution in [0.3, 0.4) is 0 Å². The highest BCUT2D eigenvalue weighted by Crippen LogP contribution is 2.26. The van der Waals surface area contributed by atoms with E-state index in [1.807, 2.05) is 30.3 Å². The number of H-pyrrole nitrogens is 2. The van der Waals surface area contributed by atoms with Crippen molar-refractivity contribution in [2.24, 2.45) is 0 Å². The summed E-state index contributed by atoms with van der Waals surface area (Å²) in [5.74, 6) is 1.26. The molecule has 4 aromatic rings. The molecule has 7 nitrogen and oxygen atoms in total. The smallest absolute Gasteiger partial charge is 0.276 e. The zero-order valence-corrected chi connectivity index (χ0v) is 15.4. The summed E-state index contributed by atoms with van der Waals surface area (Å²) < 4.78 is 6.33. The van der Waals surface area contributed by atoms with E-state index in [-0.39, 0.29) is 5.56 Å². The molecule has 0 atom stereocenters. The number of halogens is 1. The van der Waals surface area contributed by atoms with Gasteiger partial charge in [-0.3, -0.25) is 14.9 Å². The maximum Gasteiger partial charge on any atom is 0.276 e. The minimum atomic E-state index is -0.262. The minimum absolute atomic E-state index is 0.262. The lowest BCUT2D eigenvalue weighted by Gasteiger charge is -2.08. The van der Waals surface area contributed by atoms with Crippen LogP contribution in [-0.4, -0.2) is 32.3 Å². The fourth-order valence-electron chi connectivity index (χ4n) is 2.81. The quantitative estimate of drug-likeness (QED) is 0.537. The highest BCUT2D eigenvalue weighted by molar-refractivity contribution is 9.10. The van der Waals surface area contributed by atoms with Gasteiger partial charge in [0.05, 0.1) is 7.11 Å². The van der Waals surface area contributed by atoms with Gasteiger partial charge in [0.2, 0.25) is 0 Å². The Balaban J connectivity index is 1.82. The van der Waals surface area contributed by atoms with Crippen LogP contribution in [0.25, 0.3) is 22.3 Å². The van der Waals surface area contributed by atoms with Crippen LogP contribution in [0.5, 0.6) is 5.75 Å². The first-order valence-electron chi connectivity index (χ1n) is 7.86. The van der Waals surface area contributed by atoms with Crippen molar-refractivity contribution in [3.8, 4) is 17.0 Å². The number of aromatic nitrogens is 5. The topological polar surface area (TPSA) is 96.6 Å². The number of pyridine rings is 1. The van der Waals surface area contributed by atoms with Crippen molar-refractivity contribution in [3.63, 3.8) is 0 Å². The van der Waals surface area contributed by atoms with Crippen molar-refractivity contribution >= 4 is 27.0 Å². The van der Waals surface area contributed by atoms with Crippen LogP contribution in [-0.2, 0) is 6.42 Å². The lowest BCUT2D eigenvalue weighted by atomic mass is 10.1. The molecule has 3 heterocycles. The first-order valence-corrected chi connectivity index (χ1v) is 8.65. The lowest BCUT2D eigenvalue weighted by molar-refractivity contribution is 0.410. The largest absolute Gasteiger partial charge is 0.496 e. The van der Waals surface area contributed by atoms with Gasteiger partial charge in [0, 0.05) is 34.4 Å². The predicted octanol–water partition coefficient (Wildman–Crippen LogP) is 3.07. The molecule has 8 heteroatoms. The molecule has 0 spiro atoms. The molecule has 0 fully saturated rings. The number of ether oxygens (including phenoxy) is 1. The minimum Gasteiger partial charge on any atom is -0.496 e. The summed E-state index contributed by atoms with van der Waals surface area (Å²) in [4.78, 5) is 24.0. The number of rotatable bonds is 4. The van der Waals surface area contributed by atoms with Gasteiger partial charge < -0.3 is 9.72 Å². The zero-order valence-electron chi connectivity index (χ0n) is 13.8. The second kappa shape index (κ2) is 6.72. The number of hydrogen-bond donors (Lipinski definition) is 2. The van der Waals surface area contributed by atoms with Crippen LogP contribution in [0, 0.1) is 0 Å². The fraction of sp³-hybridized carbons (Fsp3) is 0.111. The number of benzene rings is 1. The van der Waals surface area contributed by atoms with Gasteiger partial charge in [-0.1, -0.05) is 15.9 Å². The summed E-state index contributed by atoms with van der Waals surface area (Å²) in [7, 11) is 1.61. The van der Waals surface area contributed by atoms with E-state index in [9.17, 15) is 4.79 Å². The van der Waals surface area contributed by atoms with Gasteiger partial charge in [-0.25, -0.2) is 4.98 Å². The van der Waals surface area contributed by atoms with Crippen molar-refractivity contribution in [3.05, 3.63) is 68.9 Å². The van der Waals surface area contributed by atoms with E-state index in [0.717, 1.165) is 21.3 Å². The molecular weight excluding hydrogens is 398 g/mol. The fourth-order valence-corrected chi connectivity index (χ4v) is 3.22. The van der Waals surface area contributed by atoms with Gasteiger partial charge in [0.15, 0.2) is 0 Å². The molecule has 1 aromatic carbocycles. The number of nitrogens with one attached hydrogen (secondary N) is 2. The summed E-state index contributed by atoms with van der Waals surface area (Å²) in [6.07, 6.45) is 3.80. The van der Waals surface area contributed by atoms with E-state index >= 15 is 0 Å². The number of methoxy groups -OCH3 is 1. The van der Waals surface area contributed by atoms with E-state index in [4.69, 9.17) is 4.74 Å². The Bertz CT molecular complexity index is 1140. The van der Waals surface area contributed by atoms with Crippen LogP contribution < -0.4 is 10.3 Å². The Hall–Kier alpha value is -3.00. The molecule has 0 unspecified atom stereocenters. The molecule has 0 amide bonds. The molecule has 0 saturated heterocycles. The van der Waals surface area contributed by atoms with E-state index in [1.165, 1.54) is 0 Å². The van der Waals surface area contributed by atoms with Gasteiger partial charge in [-0.2, -0.15) is 5.10 Å². The maximum absolute atomic E-state index is 12.4. The van der Waals surface area contributed by atoms with Crippen LogP contribution in [0.4, 0.5) is 0 Å². The second-order valence-corrected chi connectivity index (χ2v) is 6.60. The highest BCUT2D eigenvalue weighted by Gasteiger charge is 2.15. The summed E-state index contributed by atoms with van der Waals surface area (Å²) in [5.41, 5.74) is 2.90. The molecule has 3 aromatic heterocycles. The Morgan fingerprint density at radius 1 is 1.27 bits per heavy atom. The van der Waals surface area contributed by atoms with Crippen LogP contribution in [0.15, 0.2) is 52.0 Å². The van der Waals surface area contributed by atoms with Crippen molar-refractivity contribution in [1.82, 2.24) is 25.1 Å². The standard InChI is InChI=1S/C18H14BrN5O2/c1-26-13-5-4-12(19)7-11(13)8-14-21-16-15(10-3-2-6-20-9-10)23-24-17(16)18(25)22-14/h2-7,9H,8H2,1H3,(H,23,24)(H,21,22,25). The maximum atomic E-state index is 12.4. The average molecular weight is 412 g/mol. The molecule has 0 aliphatic carbocycles. The van der Waals surface area contributed by atoms with Crippen molar-refractivity contribution in [2.45, 2.75) is 6.42 Å². The van der Waals surface area contributed by atoms with Crippen molar-refractivity contribution in [2.75, 3.05) is 7.11 Å². The number of nitrogens with zero attached hydrogens (tertiary/aromatic N) is 3. The summed E-state index contributed by atoms with van der Waals surface area (Å²) in [6, 6.07) is 9.41. The van der Waals surface area contributed by atoms with E-state index in [2.05, 4.69) is 41.1 Å². The van der Waals surface area contributed by atoms with Crippen molar-refractivity contribution < 1.29 is 4.74 Å². The van der Waals surface area contributed by atoms with Crippen LogP contribution >= 0.6 is 15.9 Å². The third-order valence-electron chi connectivity index (χ3n) is 4.01. The molecular formula is C18H14BrN5O2. The third-order valence-corrected chi connectivity index (χ3v) is 4.50. The molecule has 2 N–H and O–H groups in total. The summed E-state index contributed by atoms with van der Waals surface area (Å²) in [5, 5.41) is 7.00. The summed E-state index contributed by atoms with van der Waals surface area (Å²) >= 11 is 3.46. The summed E-state index contributed by atoms with van der Waals surface area (Å²) in [6.45, 7) is 0. The Morgan fingerprint density at radius 3 is 2.92 bits per heavy atom. The molecule has 130 valence electrons. The highest BCUT2D eigenvalue weighted by atomic mass is 79.9. The Morgan fingerprint density at radius 2 is 2.15 bits per heavy atom. The van der Waals surface area contributed by atoms with Gasteiger partial charge in [0.25, 0.3) is 5.56 Å². The molecule has 0 aliphatic heterocycles. The molecule has 26 heavy (non-hydrogen) atoms. The van der Waals surface area contributed by atoms with Gasteiger partial charge in [-0.15, -0.1) is 0 Å². The molecule has 0 saturated carbocycles. The van der Waals surface area contributed by atoms with E-state index in [1.54, 1.807) is 19.5 Å². The van der Waals surface area contributed by atoms with Crippen LogP contribution in [0.2, 0.25) is 0 Å². The predicted molar refractivity (Wildman–Crippen MR) is 101 cm³/mol. The third kappa shape index (κ3) is 2.99. The van der Waals surface area contributed by atoms with Crippen LogP contribution in [0.1, 0.15) is 11.4 Å². The Labute approximate surface area is 156 Å². The number of hydrogen-bond acceptors (Lipinski definition) is 5.